The Bertz CT molecular complexity index is 884. The van der Waals surface area contributed by atoms with Crippen LogP contribution in [0.25, 0.3) is 11.1 Å². The molecule has 10 atom stereocenters. The molecule has 2 fully saturated rings. The van der Waals surface area contributed by atoms with E-state index in [1.54, 1.807) is 0 Å². The Morgan fingerprint density at radius 3 is 1.06 bits per heavy atom. The minimum atomic E-state index is -1.40. The third-order valence-corrected chi connectivity index (χ3v) is 7.10. The Labute approximate surface area is 208 Å². The minimum absolute atomic E-state index is 0.291. The smallest absolute Gasteiger partial charge is 0.111 e. The molecule has 2 aromatic rings. The van der Waals surface area contributed by atoms with Gasteiger partial charge in [-0.15, -0.1) is 0 Å². The lowest BCUT2D eigenvalue weighted by Gasteiger charge is -2.40. The van der Waals surface area contributed by atoms with Crippen LogP contribution in [0.5, 0.6) is 0 Å². The van der Waals surface area contributed by atoms with Gasteiger partial charge < -0.3 is 50.3 Å². The van der Waals surface area contributed by atoms with Crippen LogP contribution in [-0.2, 0) is 22.3 Å². The van der Waals surface area contributed by atoms with E-state index in [1.165, 1.54) is 0 Å². The van der Waals surface area contributed by atoms with Crippen molar-refractivity contribution in [1.82, 2.24) is 0 Å². The average Bonchev–Trinajstić information content (AvgIpc) is 2.90. The van der Waals surface area contributed by atoms with Crippen molar-refractivity contribution in [2.24, 2.45) is 0 Å². The van der Waals surface area contributed by atoms with E-state index in [2.05, 4.69) is 0 Å². The molecule has 0 saturated carbocycles. The molecule has 0 unspecified atom stereocenters. The minimum Gasteiger partial charge on any atom is -0.394 e. The van der Waals surface area contributed by atoms with Gasteiger partial charge in [0.1, 0.15) is 48.8 Å². The SMILES string of the molecule is OC[C@H]1O[C@H](Cc2ccc(-c3ccc(C[C@H]4O[C@H](CO)[C@@H](O)[C@H](O)[C@@H]4O)cc3)cc2)[C@@H](O)[C@@H](O)[C@@H]1O. The first kappa shape index (κ1) is 27.1. The molecule has 0 bridgehead atoms. The number of hydrogen-bond acceptors (Lipinski definition) is 10. The summed E-state index contributed by atoms with van der Waals surface area (Å²) in [5.74, 6) is 0. The molecular weight excluding hydrogens is 472 g/mol. The summed E-state index contributed by atoms with van der Waals surface area (Å²) in [6, 6.07) is 15.1. The Kier molecular flexibility index (Phi) is 8.74. The van der Waals surface area contributed by atoms with Crippen LogP contribution in [0.15, 0.2) is 48.5 Å². The van der Waals surface area contributed by atoms with Crippen LogP contribution in [-0.4, -0.2) is 115 Å². The van der Waals surface area contributed by atoms with Crippen molar-refractivity contribution in [2.45, 2.75) is 73.9 Å². The maximum Gasteiger partial charge on any atom is 0.111 e. The van der Waals surface area contributed by atoms with Crippen molar-refractivity contribution in [3.8, 4) is 11.1 Å². The van der Waals surface area contributed by atoms with Crippen LogP contribution in [0.2, 0.25) is 0 Å². The molecule has 0 aromatic heterocycles. The Morgan fingerprint density at radius 2 is 0.750 bits per heavy atom. The van der Waals surface area contributed by atoms with E-state index in [4.69, 9.17) is 9.47 Å². The quantitative estimate of drug-likeness (QED) is 0.212. The van der Waals surface area contributed by atoms with Crippen LogP contribution in [0.4, 0.5) is 0 Å². The molecule has 8 N–H and O–H groups in total. The number of ether oxygens (including phenoxy) is 2. The lowest BCUT2D eigenvalue weighted by atomic mass is 9.90. The van der Waals surface area contributed by atoms with Crippen molar-refractivity contribution in [3.63, 3.8) is 0 Å². The van der Waals surface area contributed by atoms with E-state index in [-0.39, 0.29) is 0 Å². The van der Waals surface area contributed by atoms with Gasteiger partial charge in [0.15, 0.2) is 0 Å². The van der Waals surface area contributed by atoms with E-state index in [0.29, 0.717) is 12.8 Å². The molecule has 10 heteroatoms. The summed E-state index contributed by atoms with van der Waals surface area (Å²) in [5, 5.41) is 79.0. The third-order valence-electron chi connectivity index (χ3n) is 7.10. The lowest BCUT2D eigenvalue weighted by molar-refractivity contribution is -0.228. The summed E-state index contributed by atoms with van der Waals surface area (Å²) in [6.07, 6.45) is -11.0. The van der Waals surface area contributed by atoms with Gasteiger partial charge in [-0.1, -0.05) is 48.5 Å². The monoisotopic (exact) mass is 506 g/mol. The fraction of sp³-hybridized carbons (Fsp3) is 0.538. The number of benzene rings is 2. The van der Waals surface area contributed by atoms with Gasteiger partial charge in [0.25, 0.3) is 0 Å². The van der Waals surface area contributed by atoms with Crippen molar-refractivity contribution >= 4 is 0 Å². The van der Waals surface area contributed by atoms with Crippen molar-refractivity contribution < 1.29 is 50.3 Å². The van der Waals surface area contributed by atoms with Crippen LogP contribution in [0.1, 0.15) is 11.1 Å². The summed E-state index contributed by atoms with van der Waals surface area (Å²) in [5.41, 5.74) is 3.57. The van der Waals surface area contributed by atoms with Crippen molar-refractivity contribution in [1.29, 1.82) is 0 Å². The number of aliphatic hydroxyl groups excluding tert-OH is 8. The maximum absolute atomic E-state index is 10.3. The van der Waals surface area contributed by atoms with E-state index in [1.807, 2.05) is 48.5 Å². The highest BCUT2D eigenvalue weighted by molar-refractivity contribution is 5.64. The summed E-state index contributed by atoms with van der Waals surface area (Å²) in [7, 11) is 0. The predicted octanol–water partition coefficient (Wildman–Crippen LogP) is -1.88. The molecule has 0 amide bonds. The van der Waals surface area contributed by atoms with E-state index < -0.39 is 74.3 Å². The molecule has 4 rings (SSSR count). The molecule has 2 aliphatic rings. The van der Waals surface area contributed by atoms with Gasteiger partial charge >= 0.3 is 0 Å². The maximum atomic E-state index is 10.3. The van der Waals surface area contributed by atoms with Gasteiger partial charge in [-0.25, -0.2) is 0 Å². The second-order valence-electron chi connectivity index (χ2n) is 9.54. The lowest BCUT2D eigenvalue weighted by Crippen LogP contribution is -2.59. The predicted molar refractivity (Wildman–Crippen MR) is 127 cm³/mol. The first-order valence-corrected chi connectivity index (χ1v) is 12.0. The van der Waals surface area contributed by atoms with Crippen LogP contribution < -0.4 is 0 Å². The zero-order chi connectivity index (χ0) is 26.0. The largest absolute Gasteiger partial charge is 0.394 e. The molecule has 2 heterocycles. The van der Waals surface area contributed by atoms with Gasteiger partial charge in [0.05, 0.1) is 25.4 Å². The van der Waals surface area contributed by atoms with E-state index in [9.17, 15) is 40.9 Å². The van der Waals surface area contributed by atoms with E-state index in [0.717, 1.165) is 22.3 Å². The molecule has 2 aliphatic heterocycles. The molecule has 198 valence electrons. The second-order valence-corrected chi connectivity index (χ2v) is 9.54. The molecule has 0 radical (unpaired) electrons. The Morgan fingerprint density at radius 1 is 0.444 bits per heavy atom. The van der Waals surface area contributed by atoms with Crippen molar-refractivity contribution in [2.75, 3.05) is 13.2 Å². The molecule has 2 aromatic carbocycles. The summed E-state index contributed by atoms with van der Waals surface area (Å²) >= 11 is 0. The molecule has 10 nitrogen and oxygen atoms in total. The molecule has 2 saturated heterocycles. The molecular formula is C26H34O10. The summed E-state index contributed by atoms with van der Waals surface area (Å²) < 4.78 is 11.2. The highest BCUT2D eigenvalue weighted by atomic mass is 16.5. The summed E-state index contributed by atoms with van der Waals surface area (Å²) in [6.45, 7) is -0.931. The highest BCUT2D eigenvalue weighted by Crippen LogP contribution is 2.27. The third kappa shape index (κ3) is 5.63. The topological polar surface area (TPSA) is 180 Å². The number of aliphatic hydroxyl groups is 8. The molecule has 36 heavy (non-hydrogen) atoms. The van der Waals surface area contributed by atoms with Gasteiger partial charge in [-0.05, 0) is 22.3 Å². The number of rotatable bonds is 7. The Balaban J connectivity index is 1.38. The normalized spacial score (nSPS) is 37.1. The molecule has 0 aliphatic carbocycles. The standard InChI is InChI=1S/C26H34O10/c27-11-19-23(31)25(33)21(29)17(35-19)9-13-1-5-15(6-2-13)16-7-3-14(4-8-16)10-18-22(30)26(34)24(32)20(12-28)36-18/h1-8,17-34H,9-12H2/t17-,18-,19-,20-,21-,22-,23-,24-,25-,26-/m1/s1. The van der Waals surface area contributed by atoms with Gasteiger partial charge in [0, 0.05) is 12.8 Å². The van der Waals surface area contributed by atoms with Crippen LogP contribution in [0, 0.1) is 0 Å². The van der Waals surface area contributed by atoms with E-state index >= 15 is 0 Å². The van der Waals surface area contributed by atoms with Crippen LogP contribution in [0.3, 0.4) is 0 Å². The van der Waals surface area contributed by atoms with Gasteiger partial charge in [-0.2, -0.15) is 0 Å². The van der Waals surface area contributed by atoms with Gasteiger partial charge in [0.2, 0.25) is 0 Å². The van der Waals surface area contributed by atoms with Crippen LogP contribution >= 0.6 is 0 Å². The zero-order valence-electron chi connectivity index (χ0n) is 19.6. The molecule has 0 spiro atoms. The first-order valence-electron chi connectivity index (χ1n) is 12.0. The zero-order valence-corrected chi connectivity index (χ0v) is 19.6. The summed E-state index contributed by atoms with van der Waals surface area (Å²) in [4.78, 5) is 0. The fourth-order valence-corrected chi connectivity index (χ4v) is 4.83. The van der Waals surface area contributed by atoms with Gasteiger partial charge in [-0.3, -0.25) is 0 Å². The Hall–Kier alpha value is -1.96. The first-order chi connectivity index (χ1) is 17.2. The second kappa shape index (κ2) is 11.6. The van der Waals surface area contributed by atoms with Crippen molar-refractivity contribution in [3.05, 3.63) is 59.7 Å². The number of hydrogen-bond donors (Lipinski definition) is 8. The fourth-order valence-electron chi connectivity index (χ4n) is 4.83. The highest BCUT2D eigenvalue weighted by Gasteiger charge is 2.44. The average molecular weight is 507 g/mol.